The summed E-state index contributed by atoms with van der Waals surface area (Å²) in [6.07, 6.45) is 2.50. The minimum atomic E-state index is -0.0459. The van der Waals surface area contributed by atoms with Gasteiger partial charge >= 0.3 is 0 Å². The van der Waals surface area contributed by atoms with Gasteiger partial charge in [-0.2, -0.15) is 5.26 Å². The van der Waals surface area contributed by atoms with E-state index < -0.39 is 0 Å². The van der Waals surface area contributed by atoms with Crippen molar-refractivity contribution in [3.63, 3.8) is 0 Å². The van der Waals surface area contributed by atoms with E-state index in [2.05, 4.69) is 9.88 Å². The molecule has 3 heterocycles. The Morgan fingerprint density at radius 2 is 2.08 bits per heavy atom. The van der Waals surface area contributed by atoms with Gasteiger partial charge in [0.25, 0.3) is 5.91 Å². The predicted molar refractivity (Wildman–Crippen MR) is 89.9 cm³/mol. The fourth-order valence-electron chi connectivity index (χ4n) is 2.94. The van der Waals surface area contributed by atoms with E-state index in [9.17, 15) is 4.79 Å². The number of furan rings is 1. The summed E-state index contributed by atoms with van der Waals surface area (Å²) in [5, 5.41) is 8.80. The summed E-state index contributed by atoms with van der Waals surface area (Å²) < 4.78 is 5.67. The summed E-state index contributed by atoms with van der Waals surface area (Å²) in [5.41, 5.74) is 2.42. The summed E-state index contributed by atoms with van der Waals surface area (Å²) in [7, 11) is 0. The van der Waals surface area contributed by atoms with Gasteiger partial charge in [-0.05, 0) is 30.7 Å². The third-order valence-electron chi connectivity index (χ3n) is 4.35. The minimum Gasteiger partial charge on any atom is -0.456 e. The van der Waals surface area contributed by atoms with E-state index in [-0.39, 0.29) is 5.91 Å². The minimum absolute atomic E-state index is 0.0459. The number of hydrogen-bond acceptors (Lipinski definition) is 5. The largest absolute Gasteiger partial charge is 0.456 e. The molecule has 6 nitrogen and oxygen atoms in total. The van der Waals surface area contributed by atoms with Crippen LogP contribution in [0, 0.1) is 18.3 Å². The van der Waals surface area contributed by atoms with E-state index >= 15 is 0 Å². The standard InChI is InChI=1S/C18H20N4O2/c1-3-16-13(2)10-17(24-16)18(23)22-8-6-21(7-9-22)15-5-4-14(11-19)20-12-15/h4-5,10,12H,3,6-9H2,1-2H3. The quantitative estimate of drug-likeness (QED) is 0.866. The maximum absolute atomic E-state index is 12.6. The van der Waals surface area contributed by atoms with Crippen molar-refractivity contribution in [3.8, 4) is 6.07 Å². The van der Waals surface area contributed by atoms with Gasteiger partial charge in [-0.3, -0.25) is 4.79 Å². The number of anilines is 1. The molecule has 0 N–H and O–H groups in total. The van der Waals surface area contributed by atoms with Crippen LogP contribution >= 0.6 is 0 Å². The molecule has 3 rings (SSSR count). The number of rotatable bonds is 3. The maximum atomic E-state index is 12.6. The number of aromatic nitrogens is 1. The van der Waals surface area contributed by atoms with Crippen molar-refractivity contribution in [3.05, 3.63) is 47.2 Å². The Morgan fingerprint density at radius 1 is 1.33 bits per heavy atom. The fraction of sp³-hybridized carbons (Fsp3) is 0.389. The van der Waals surface area contributed by atoms with E-state index in [4.69, 9.17) is 9.68 Å². The third-order valence-corrected chi connectivity index (χ3v) is 4.35. The highest BCUT2D eigenvalue weighted by atomic mass is 16.4. The molecule has 24 heavy (non-hydrogen) atoms. The topological polar surface area (TPSA) is 73.4 Å². The van der Waals surface area contributed by atoms with Crippen molar-refractivity contribution >= 4 is 11.6 Å². The number of aryl methyl sites for hydroxylation is 2. The monoisotopic (exact) mass is 324 g/mol. The Bertz CT molecular complexity index is 765. The molecule has 0 aromatic carbocycles. The normalized spacial score (nSPS) is 14.5. The van der Waals surface area contributed by atoms with E-state index in [1.165, 1.54) is 0 Å². The molecule has 124 valence electrons. The second-order valence-electron chi connectivity index (χ2n) is 5.86. The number of piperazine rings is 1. The van der Waals surface area contributed by atoms with E-state index in [0.29, 0.717) is 24.5 Å². The van der Waals surface area contributed by atoms with Crippen molar-refractivity contribution in [2.45, 2.75) is 20.3 Å². The number of carbonyl (C=O) groups excluding carboxylic acids is 1. The molecule has 0 bridgehead atoms. The second-order valence-corrected chi connectivity index (χ2v) is 5.86. The maximum Gasteiger partial charge on any atom is 0.289 e. The predicted octanol–water partition coefficient (Wildman–Crippen LogP) is 2.38. The van der Waals surface area contributed by atoms with Gasteiger partial charge in [0.15, 0.2) is 5.76 Å². The van der Waals surface area contributed by atoms with Crippen LogP contribution in [0.4, 0.5) is 5.69 Å². The molecule has 1 aliphatic heterocycles. The van der Waals surface area contributed by atoms with Crippen LogP contribution in [0.3, 0.4) is 0 Å². The smallest absolute Gasteiger partial charge is 0.289 e. The number of carbonyl (C=O) groups is 1. The zero-order valence-corrected chi connectivity index (χ0v) is 14.0. The molecule has 2 aromatic rings. The lowest BCUT2D eigenvalue weighted by Crippen LogP contribution is -2.48. The van der Waals surface area contributed by atoms with Crippen LogP contribution in [0.5, 0.6) is 0 Å². The molecule has 0 saturated carbocycles. The van der Waals surface area contributed by atoms with Gasteiger partial charge in [0.1, 0.15) is 17.5 Å². The number of nitrogens with zero attached hydrogens (tertiary/aromatic N) is 4. The zero-order chi connectivity index (χ0) is 17.1. The SMILES string of the molecule is CCc1oc(C(=O)N2CCN(c3ccc(C#N)nc3)CC2)cc1C. The van der Waals surface area contributed by atoms with Crippen molar-refractivity contribution in [2.75, 3.05) is 31.1 Å². The molecule has 1 fully saturated rings. The molecule has 2 aromatic heterocycles. The van der Waals surface area contributed by atoms with Gasteiger partial charge in [0, 0.05) is 32.6 Å². The highest BCUT2D eigenvalue weighted by Gasteiger charge is 2.25. The average Bonchev–Trinajstić information content (AvgIpc) is 3.02. The lowest BCUT2D eigenvalue weighted by Gasteiger charge is -2.35. The van der Waals surface area contributed by atoms with Crippen LogP contribution in [0.1, 0.15) is 34.5 Å². The van der Waals surface area contributed by atoms with Gasteiger partial charge in [-0.25, -0.2) is 4.98 Å². The Hall–Kier alpha value is -2.81. The van der Waals surface area contributed by atoms with Crippen LogP contribution in [-0.2, 0) is 6.42 Å². The molecule has 0 unspecified atom stereocenters. The van der Waals surface area contributed by atoms with Gasteiger partial charge in [0.05, 0.1) is 11.9 Å². The van der Waals surface area contributed by atoms with E-state index in [0.717, 1.165) is 36.5 Å². The highest BCUT2D eigenvalue weighted by molar-refractivity contribution is 5.92. The molecule has 0 radical (unpaired) electrons. The second kappa shape index (κ2) is 6.75. The molecule has 1 saturated heterocycles. The Labute approximate surface area is 141 Å². The first-order chi connectivity index (χ1) is 11.6. The van der Waals surface area contributed by atoms with Gasteiger partial charge < -0.3 is 14.2 Å². The lowest BCUT2D eigenvalue weighted by atomic mass is 10.2. The number of amides is 1. The van der Waals surface area contributed by atoms with Crippen LogP contribution < -0.4 is 4.90 Å². The third kappa shape index (κ3) is 3.11. The molecule has 0 aliphatic carbocycles. The van der Waals surface area contributed by atoms with Crippen molar-refractivity contribution < 1.29 is 9.21 Å². The number of pyridine rings is 1. The first-order valence-corrected chi connectivity index (χ1v) is 8.12. The highest BCUT2D eigenvalue weighted by Crippen LogP contribution is 2.19. The van der Waals surface area contributed by atoms with Gasteiger partial charge in [-0.15, -0.1) is 0 Å². The van der Waals surface area contributed by atoms with Crippen molar-refractivity contribution in [1.82, 2.24) is 9.88 Å². The number of hydrogen-bond donors (Lipinski definition) is 0. The van der Waals surface area contributed by atoms with E-state index in [1.807, 2.05) is 36.9 Å². The molecule has 1 aliphatic rings. The summed E-state index contributed by atoms with van der Waals surface area (Å²) >= 11 is 0. The Balaban J connectivity index is 1.63. The average molecular weight is 324 g/mol. The van der Waals surface area contributed by atoms with Crippen LogP contribution in [-0.4, -0.2) is 42.0 Å². The first kappa shape index (κ1) is 16.1. The van der Waals surface area contributed by atoms with E-state index in [1.54, 1.807) is 12.3 Å². The summed E-state index contributed by atoms with van der Waals surface area (Å²) in [6, 6.07) is 7.46. The summed E-state index contributed by atoms with van der Waals surface area (Å²) in [4.78, 5) is 20.7. The van der Waals surface area contributed by atoms with Crippen molar-refractivity contribution in [2.24, 2.45) is 0 Å². The number of nitriles is 1. The molecule has 0 atom stereocenters. The van der Waals surface area contributed by atoms with Crippen LogP contribution in [0.2, 0.25) is 0 Å². The molecular formula is C18H20N4O2. The van der Waals surface area contributed by atoms with Gasteiger partial charge in [-0.1, -0.05) is 6.92 Å². The summed E-state index contributed by atoms with van der Waals surface area (Å²) in [6.45, 7) is 6.73. The molecule has 1 amide bonds. The Kier molecular flexibility index (Phi) is 4.52. The van der Waals surface area contributed by atoms with Crippen LogP contribution in [0.15, 0.2) is 28.8 Å². The molecule has 0 spiro atoms. The first-order valence-electron chi connectivity index (χ1n) is 8.12. The van der Waals surface area contributed by atoms with Gasteiger partial charge in [0.2, 0.25) is 0 Å². The van der Waals surface area contributed by atoms with Crippen molar-refractivity contribution in [1.29, 1.82) is 5.26 Å². The molecule has 6 heteroatoms. The lowest BCUT2D eigenvalue weighted by molar-refractivity contribution is 0.0713. The summed E-state index contributed by atoms with van der Waals surface area (Å²) in [5.74, 6) is 1.26. The zero-order valence-electron chi connectivity index (χ0n) is 14.0. The van der Waals surface area contributed by atoms with Crippen LogP contribution in [0.25, 0.3) is 0 Å². The fourth-order valence-corrected chi connectivity index (χ4v) is 2.94. The molecular weight excluding hydrogens is 304 g/mol. The Morgan fingerprint density at radius 3 is 2.62 bits per heavy atom.